The maximum Gasteiger partial charge on any atom is 0.118 e. The molecule has 3 atom stereocenters. The summed E-state index contributed by atoms with van der Waals surface area (Å²) in [5.74, 6) is 0.904. The molecule has 0 spiro atoms. The second kappa shape index (κ2) is 7.78. The summed E-state index contributed by atoms with van der Waals surface area (Å²) in [6, 6.07) is 9.64. The van der Waals surface area contributed by atoms with Crippen molar-refractivity contribution in [2.24, 2.45) is 0 Å². The average Bonchev–Trinajstić information content (AvgIpc) is 2.52. The van der Waals surface area contributed by atoms with E-state index in [1.807, 2.05) is 12.1 Å². The Balaban J connectivity index is 1.83. The van der Waals surface area contributed by atoms with E-state index in [4.69, 9.17) is 9.47 Å². The van der Waals surface area contributed by atoms with Crippen LogP contribution < -0.4 is 10.1 Å². The predicted octanol–water partition coefficient (Wildman–Crippen LogP) is 2.46. The molecule has 1 aromatic rings. The molecule has 1 aliphatic heterocycles. The van der Waals surface area contributed by atoms with Gasteiger partial charge in [-0.15, -0.1) is 0 Å². The standard InChI is InChI=1S/C17H28N2O2/c1-13(19-9-10-21-12-14(19)2)11-18-15(3)16-5-7-17(20-4)8-6-16/h5-8,13-15,18H,9-12H2,1-4H3. The zero-order valence-corrected chi connectivity index (χ0v) is 13.6. The number of morpholine rings is 1. The molecule has 0 bridgehead atoms. The molecular weight excluding hydrogens is 264 g/mol. The van der Waals surface area contributed by atoms with Gasteiger partial charge in [-0.3, -0.25) is 4.90 Å². The highest BCUT2D eigenvalue weighted by Crippen LogP contribution is 2.18. The van der Waals surface area contributed by atoms with Gasteiger partial charge in [0.05, 0.1) is 20.3 Å². The van der Waals surface area contributed by atoms with Crippen molar-refractivity contribution in [2.45, 2.75) is 38.9 Å². The van der Waals surface area contributed by atoms with Crippen molar-refractivity contribution in [2.75, 3.05) is 33.4 Å². The van der Waals surface area contributed by atoms with Crippen LogP contribution in [0.25, 0.3) is 0 Å². The third kappa shape index (κ3) is 4.43. The second-order valence-electron chi connectivity index (χ2n) is 5.91. The van der Waals surface area contributed by atoms with E-state index in [0.717, 1.165) is 32.1 Å². The smallest absolute Gasteiger partial charge is 0.118 e. The Morgan fingerprint density at radius 1 is 1.33 bits per heavy atom. The number of ether oxygens (including phenoxy) is 2. The summed E-state index contributed by atoms with van der Waals surface area (Å²) in [7, 11) is 1.70. The lowest BCUT2D eigenvalue weighted by Crippen LogP contribution is -2.51. The zero-order chi connectivity index (χ0) is 15.2. The molecule has 3 unspecified atom stereocenters. The molecule has 1 N–H and O–H groups in total. The Kier molecular flexibility index (Phi) is 6.03. The highest BCUT2D eigenvalue weighted by molar-refractivity contribution is 5.28. The van der Waals surface area contributed by atoms with Gasteiger partial charge in [0.1, 0.15) is 5.75 Å². The zero-order valence-electron chi connectivity index (χ0n) is 13.6. The fourth-order valence-electron chi connectivity index (χ4n) is 2.87. The first-order chi connectivity index (χ1) is 10.1. The fraction of sp³-hybridized carbons (Fsp3) is 0.647. The molecule has 0 saturated carbocycles. The quantitative estimate of drug-likeness (QED) is 0.873. The van der Waals surface area contributed by atoms with Gasteiger partial charge in [-0.25, -0.2) is 0 Å². The summed E-state index contributed by atoms with van der Waals surface area (Å²) in [4.78, 5) is 2.53. The topological polar surface area (TPSA) is 33.7 Å². The molecule has 1 aromatic carbocycles. The van der Waals surface area contributed by atoms with Gasteiger partial charge in [0.2, 0.25) is 0 Å². The number of benzene rings is 1. The van der Waals surface area contributed by atoms with E-state index in [1.54, 1.807) is 7.11 Å². The monoisotopic (exact) mass is 292 g/mol. The van der Waals surface area contributed by atoms with Gasteiger partial charge in [-0.2, -0.15) is 0 Å². The highest BCUT2D eigenvalue weighted by Gasteiger charge is 2.23. The van der Waals surface area contributed by atoms with Gasteiger partial charge >= 0.3 is 0 Å². The van der Waals surface area contributed by atoms with Crippen molar-refractivity contribution in [3.63, 3.8) is 0 Å². The Labute approximate surface area is 128 Å². The van der Waals surface area contributed by atoms with Crippen molar-refractivity contribution in [1.29, 1.82) is 0 Å². The number of rotatable bonds is 6. The maximum atomic E-state index is 5.50. The van der Waals surface area contributed by atoms with Crippen molar-refractivity contribution >= 4 is 0 Å². The molecule has 2 rings (SSSR count). The second-order valence-corrected chi connectivity index (χ2v) is 5.91. The Bertz CT molecular complexity index is 421. The third-order valence-electron chi connectivity index (χ3n) is 4.32. The molecule has 0 aromatic heterocycles. The first kappa shape index (κ1) is 16.3. The van der Waals surface area contributed by atoms with Gasteiger partial charge in [0.15, 0.2) is 0 Å². The van der Waals surface area contributed by atoms with Crippen LogP contribution in [-0.2, 0) is 4.74 Å². The first-order valence-corrected chi connectivity index (χ1v) is 7.82. The van der Waals surface area contributed by atoms with Crippen LogP contribution >= 0.6 is 0 Å². The summed E-state index contributed by atoms with van der Waals surface area (Å²) in [6.07, 6.45) is 0. The van der Waals surface area contributed by atoms with Crippen LogP contribution in [0.5, 0.6) is 5.75 Å². The van der Waals surface area contributed by atoms with Gasteiger partial charge < -0.3 is 14.8 Å². The van der Waals surface area contributed by atoms with Crippen LogP contribution in [0.2, 0.25) is 0 Å². The lowest BCUT2D eigenvalue weighted by molar-refractivity contribution is -0.0184. The van der Waals surface area contributed by atoms with Gasteiger partial charge in [0.25, 0.3) is 0 Å². The van der Waals surface area contributed by atoms with Crippen LogP contribution in [0.15, 0.2) is 24.3 Å². The number of methoxy groups -OCH3 is 1. The van der Waals surface area contributed by atoms with Crippen molar-refractivity contribution in [3.8, 4) is 5.75 Å². The molecule has 0 amide bonds. The largest absolute Gasteiger partial charge is 0.497 e. The number of hydrogen-bond donors (Lipinski definition) is 1. The lowest BCUT2D eigenvalue weighted by atomic mass is 10.1. The molecule has 1 fully saturated rings. The minimum atomic E-state index is 0.342. The molecule has 4 heteroatoms. The number of nitrogens with zero attached hydrogens (tertiary/aromatic N) is 1. The highest BCUT2D eigenvalue weighted by atomic mass is 16.5. The van der Waals surface area contributed by atoms with Gasteiger partial charge in [-0.1, -0.05) is 12.1 Å². The molecule has 0 radical (unpaired) electrons. The van der Waals surface area contributed by atoms with Crippen molar-refractivity contribution in [3.05, 3.63) is 29.8 Å². The molecule has 4 nitrogen and oxygen atoms in total. The van der Waals surface area contributed by atoms with Crippen LogP contribution in [0.4, 0.5) is 0 Å². The summed E-state index contributed by atoms with van der Waals surface area (Å²) >= 11 is 0. The average molecular weight is 292 g/mol. The van der Waals surface area contributed by atoms with Crippen LogP contribution in [0, 0.1) is 0 Å². The Morgan fingerprint density at radius 3 is 2.67 bits per heavy atom. The summed E-state index contributed by atoms with van der Waals surface area (Å²) in [5.41, 5.74) is 1.29. The maximum absolute atomic E-state index is 5.50. The molecule has 0 aliphatic carbocycles. The SMILES string of the molecule is COc1ccc(C(C)NCC(C)N2CCOCC2C)cc1. The fourth-order valence-corrected chi connectivity index (χ4v) is 2.87. The summed E-state index contributed by atoms with van der Waals surface area (Å²) in [5, 5.41) is 3.63. The van der Waals surface area contributed by atoms with Crippen LogP contribution in [0.3, 0.4) is 0 Å². The van der Waals surface area contributed by atoms with E-state index in [1.165, 1.54) is 5.56 Å². The van der Waals surface area contributed by atoms with Crippen LogP contribution in [-0.4, -0.2) is 50.4 Å². The van der Waals surface area contributed by atoms with E-state index in [0.29, 0.717) is 18.1 Å². The minimum absolute atomic E-state index is 0.342. The molecule has 1 aliphatic rings. The Hall–Kier alpha value is -1.10. The van der Waals surface area contributed by atoms with Crippen molar-refractivity contribution < 1.29 is 9.47 Å². The molecule has 1 saturated heterocycles. The minimum Gasteiger partial charge on any atom is -0.497 e. The molecule has 21 heavy (non-hydrogen) atoms. The Morgan fingerprint density at radius 2 is 2.05 bits per heavy atom. The van der Waals surface area contributed by atoms with E-state index in [9.17, 15) is 0 Å². The lowest BCUT2D eigenvalue weighted by Gasteiger charge is -2.38. The van der Waals surface area contributed by atoms with Gasteiger partial charge in [0, 0.05) is 31.2 Å². The summed E-state index contributed by atoms with van der Waals surface area (Å²) < 4.78 is 10.7. The number of nitrogens with one attached hydrogen (secondary N) is 1. The van der Waals surface area contributed by atoms with E-state index < -0.39 is 0 Å². The predicted molar refractivity (Wildman–Crippen MR) is 85.9 cm³/mol. The van der Waals surface area contributed by atoms with Crippen LogP contribution in [0.1, 0.15) is 32.4 Å². The normalized spacial score (nSPS) is 22.8. The molecule has 1 heterocycles. The van der Waals surface area contributed by atoms with Crippen molar-refractivity contribution in [1.82, 2.24) is 10.2 Å². The third-order valence-corrected chi connectivity index (χ3v) is 4.32. The number of hydrogen-bond acceptors (Lipinski definition) is 4. The van der Waals surface area contributed by atoms with E-state index in [-0.39, 0.29) is 0 Å². The molecular formula is C17H28N2O2. The van der Waals surface area contributed by atoms with E-state index in [2.05, 4.69) is 43.1 Å². The molecule has 118 valence electrons. The van der Waals surface area contributed by atoms with E-state index >= 15 is 0 Å². The summed E-state index contributed by atoms with van der Waals surface area (Å²) in [6.45, 7) is 10.4. The first-order valence-electron chi connectivity index (χ1n) is 7.82. The van der Waals surface area contributed by atoms with Gasteiger partial charge in [-0.05, 0) is 38.5 Å².